The maximum atomic E-state index is 11.1. The van der Waals surface area contributed by atoms with E-state index in [4.69, 9.17) is 4.52 Å². The van der Waals surface area contributed by atoms with Crippen LogP contribution in [0.25, 0.3) is 0 Å². The van der Waals surface area contributed by atoms with E-state index in [-0.39, 0.29) is 13.6 Å². The van der Waals surface area contributed by atoms with Gasteiger partial charge in [-0.1, -0.05) is 69.5 Å². The molecule has 0 aliphatic carbocycles. The van der Waals surface area contributed by atoms with E-state index in [0.717, 1.165) is 25.7 Å². The first-order valence-electron chi connectivity index (χ1n) is 8.01. The maximum absolute atomic E-state index is 11.1. The highest BCUT2D eigenvalue weighted by Gasteiger charge is 2.32. The number of thioether (sulfide) groups is 1. The molecule has 0 fully saturated rings. The van der Waals surface area contributed by atoms with Gasteiger partial charge in [-0.3, -0.25) is 4.52 Å². The summed E-state index contributed by atoms with van der Waals surface area (Å²) < 4.78 is 16.8. The van der Waals surface area contributed by atoms with Crippen molar-refractivity contribution in [3.63, 3.8) is 0 Å². The lowest BCUT2D eigenvalue weighted by Gasteiger charge is -2.30. The fourth-order valence-electron chi connectivity index (χ4n) is 2.40. The van der Waals surface area contributed by atoms with Gasteiger partial charge in [0.25, 0.3) is 0 Å². The molecule has 21 heavy (non-hydrogen) atoms. The van der Waals surface area contributed by atoms with E-state index in [1.165, 1.54) is 30.6 Å². The van der Waals surface area contributed by atoms with Crippen molar-refractivity contribution in [3.05, 3.63) is 30.3 Å². The minimum atomic E-state index is -0.352. The lowest BCUT2D eigenvalue weighted by molar-refractivity contribution is 0.156. The minimum Gasteiger partial charge on any atom is -0.276 e. The molecule has 0 bridgehead atoms. The third-order valence-corrected chi connectivity index (χ3v) is 5.49. The normalized spacial score (nSPS) is 11.9. The maximum Gasteiger partial charge on any atom is 0.328 e. The number of hydrogen-bond acceptors (Lipinski definition) is 3. The zero-order valence-corrected chi connectivity index (χ0v) is 14.9. The topological polar surface area (TPSA) is 26.3 Å². The summed E-state index contributed by atoms with van der Waals surface area (Å²) in [6, 6.07) is 10.3. The Hall–Kier alpha value is -0.370. The van der Waals surface area contributed by atoms with Gasteiger partial charge in [0.2, 0.25) is 0 Å². The van der Waals surface area contributed by atoms with E-state index >= 15 is 0 Å². The zero-order valence-electron chi connectivity index (χ0n) is 13.2. The Balaban J connectivity index is 2.78. The number of unbranched alkanes of at least 4 members (excludes halogenated alkanes) is 4. The number of benzene rings is 1. The van der Waals surface area contributed by atoms with E-state index in [9.17, 15) is 4.57 Å². The summed E-state index contributed by atoms with van der Waals surface area (Å²) in [7, 11) is -0.207. The zero-order chi connectivity index (χ0) is 15.4. The van der Waals surface area contributed by atoms with Crippen molar-refractivity contribution in [3.8, 4) is 0 Å². The van der Waals surface area contributed by atoms with Gasteiger partial charge in [0.1, 0.15) is 4.93 Å². The smallest absolute Gasteiger partial charge is 0.276 e. The first-order valence-corrected chi connectivity index (χ1v) is 9.56. The van der Waals surface area contributed by atoms with Gasteiger partial charge >= 0.3 is 8.69 Å². The van der Waals surface area contributed by atoms with Crippen molar-refractivity contribution in [1.29, 1.82) is 0 Å². The Morgan fingerprint density at radius 1 is 1.00 bits per heavy atom. The molecule has 0 spiro atoms. The minimum absolute atomic E-state index is 0.207. The molecule has 1 aromatic rings. The third-order valence-electron chi connectivity index (χ3n) is 3.57. The van der Waals surface area contributed by atoms with Gasteiger partial charge in [0.05, 0.1) is 0 Å². The highest BCUT2D eigenvalue weighted by molar-refractivity contribution is 8.00. The Kier molecular flexibility index (Phi) is 9.99. The monoisotopic (exact) mass is 326 g/mol. The van der Waals surface area contributed by atoms with Gasteiger partial charge in [-0.15, -0.1) is 0 Å². The number of rotatable bonds is 12. The molecule has 0 aliphatic heterocycles. The summed E-state index contributed by atoms with van der Waals surface area (Å²) in [5.41, 5.74) is 0. The molecule has 0 radical (unpaired) electrons. The summed E-state index contributed by atoms with van der Waals surface area (Å²) in [5.74, 6) is 0. The highest BCUT2D eigenvalue weighted by atomic mass is 32.2. The van der Waals surface area contributed by atoms with Crippen molar-refractivity contribution in [2.24, 2.45) is 0 Å². The molecule has 0 N–H and O–H groups in total. The molecule has 0 atom stereocenters. The van der Waals surface area contributed by atoms with Crippen molar-refractivity contribution in [2.75, 3.05) is 0 Å². The van der Waals surface area contributed by atoms with Gasteiger partial charge in [0.15, 0.2) is 0 Å². The molecule has 0 aliphatic rings. The van der Waals surface area contributed by atoms with Crippen LogP contribution in [0.4, 0.5) is 0 Å². The second kappa shape index (κ2) is 11.2. The first-order chi connectivity index (χ1) is 10.3. The molecule has 0 amide bonds. The summed E-state index contributed by atoms with van der Waals surface area (Å²) in [4.78, 5) is 0.837. The fraction of sp³-hybridized carbons (Fsp3) is 0.647. The van der Waals surface area contributed by atoms with Gasteiger partial charge in [-0.2, -0.15) is 0 Å². The molecule has 0 heterocycles. The molecule has 0 saturated carbocycles. The molecular weight excluding hydrogens is 299 g/mol. The number of hydrogen-bond donors (Lipinski definition) is 0. The largest absolute Gasteiger partial charge is 0.328 e. The van der Waals surface area contributed by atoms with Gasteiger partial charge in [-0.05, 0) is 37.8 Å². The van der Waals surface area contributed by atoms with Crippen molar-refractivity contribution in [1.82, 2.24) is 0 Å². The average Bonchev–Trinajstić information content (AvgIpc) is 2.49. The average molecular weight is 326 g/mol. The van der Waals surface area contributed by atoms with E-state index in [0.29, 0.717) is 0 Å². The predicted molar refractivity (Wildman–Crippen MR) is 92.0 cm³/mol. The van der Waals surface area contributed by atoms with E-state index in [1.807, 2.05) is 18.2 Å². The first kappa shape index (κ1) is 18.7. The third kappa shape index (κ3) is 7.44. The summed E-state index contributed by atoms with van der Waals surface area (Å²) in [6.45, 7) is 4.41. The second-order valence-corrected chi connectivity index (χ2v) is 7.16. The molecular formula is C17H27O2PS. The summed E-state index contributed by atoms with van der Waals surface area (Å²) in [6.07, 6.45) is 8.94. The molecule has 1 aromatic carbocycles. The van der Waals surface area contributed by atoms with E-state index < -0.39 is 0 Å². The van der Waals surface area contributed by atoms with Crippen LogP contribution in [0.1, 0.15) is 65.2 Å². The van der Waals surface area contributed by atoms with Crippen LogP contribution in [0.2, 0.25) is 0 Å². The van der Waals surface area contributed by atoms with E-state index in [1.54, 1.807) is 11.8 Å². The summed E-state index contributed by atoms with van der Waals surface area (Å²) >= 11 is 1.73. The lowest BCUT2D eigenvalue weighted by Crippen LogP contribution is -2.25. The Bertz CT molecular complexity index is 374. The SMILES string of the molecule is CCCCCC(CCCCC)(OP=O)Sc1ccccc1. The lowest BCUT2D eigenvalue weighted by atomic mass is 10.0. The molecule has 1 rings (SSSR count). The summed E-state index contributed by atoms with van der Waals surface area (Å²) in [5, 5.41) is 0. The van der Waals surface area contributed by atoms with Crippen LogP contribution >= 0.6 is 20.4 Å². The van der Waals surface area contributed by atoms with Crippen LogP contribution < -0.4 is 0 Å². The van der Waals surface area contributed by atoms with Crippen LogP contribution in [-0.4, -0.2) is 4.93 Å². The van der Waals surface area contributed by atoms with Gasteiger partial charge in [0, 0.05) is 4.90 Å². The Morgan fingerprint density at radius 2 is 1.57 bits per heavy atom. The molecule has 2 nitrogen and oxygen atoms in total. The molecule has 0 aromatic heterocycles. The quantitative estimate of drug-likeness (QED) is 0.182. The van der Waals surface area contributed by atoms with Gasteiger partial charge in [-0.25, -0.2) is 4.57 Å². The van der Waals surface area contributed by atoms with Crippen LogP contribution in [-0.2, 0) is 9.09 Å². The molecule has 118 valence electrons. The van der Waals surface area contributed by atoms with Crippen LogP contribution in [0.3, 0.4) is 0 Å². The van der Waals surface area contributed by atoms with Crippen LogP contribution in [0.5, 0.6) is 0 Å². The van der Waals surface area contributed by atoms with Crippen molar-refractivity contribution < 1.29 is 9.09 Å². The molecule has 0 unspecified atom stereocenters. The van der Waals surface area contributed by atoms with Crippen LogP contribution in [0, 0.1) is 0 Å². The van der Waals surface area contributed by atoms with E-state index in [2.05, 4.69) is 26.0 Å². The van der Waals surface area contributed by atoms with Crippen LogP contribution in [0.15, 0.2) is 35.2 Å². The van der Waals surface area contributed by atoms with Crippen molar-refractivity contribution >= 4 is 20.4 Å². The Labute approximate surface area is 135 Å². The van der Waals surface area contributed by atoms with Gasteiger partial charge < -0.3 is 0 Å². The fourth-order valence-corrected chi connectivity index (χ4v) is 4.17. The van der Waals surface area contributed by atoms with Crippen molar-refractivity contribution in [2.45, 2.75) is 75.0 Å². The Morgan fingerprint density at radius 3 is 2.05 bits per heavy atom. The predicted octanol–water partition coefficient (Wildman–Crippen LogP) is 6.86. The molecule has 0 saturated heterocycles. The standard InChI is InChI=1S/C17H27O2PS/c1-3-5-10-14-17(19-20-18,15-11-6-4-2)21-16-12-8-7-9-13-16/h7-9,12-13H,3-6,10-11,14-15H2,1-2H3. The molecule has 4 heteroatoms. The second-order valence-electron chi connectivity index (χ2n) is 5.41. The highest BCUT2D eigenvalue weighted by Crippen LogP contribution is 2.44.